The van der Waals surface area contributed by atoms with E-state index in [1.165, 1.54) is 16.3 Å². The summed E-state index contributed by atoms with van der Waals surface area (Å²) in [5.41, 5.74) is 6.75. The van der Waals surface area contributed by atoms with Crippen molar-refractivity contribution in [1.29, 1.82) is 0 Å². The lowest BCUT2D eigenvalue weighted by Gasteiger charge is -2.13. The summed E-state index contributed by atoms with van der Waals surface area (Å²) in [5.74, 6) is 1.85. The van der Waals surface area contributed by atoms with Crippen LogP contribution in [-0.4, -0.2) is 15.0 Å². The van der Waals surface area contributed by atoms with Gasteiger partial charge in [-0.3, -0.25) is 0 Å². The molecular weight excluding hydrogens is 550 g/mol. The number of nitrogens with zero attached hydrogens (tertiary/aromatic N) is 3. The molecule has 0 unspecified atom stereocenters. The van der Waals surface area contributed by atoms with Crippen LogP contribution in [0, 0.1) is 0 Å². The molecule has 0 fully saturated rings. The lowest BCUT2D eigenvalue weighted by Crippen LogP contribution is -2.00. The molecule has 0 aliphatic heterocycles. The largest absolute Gasteiger partial charge is 0.456 e. The van der Waals surface area contributed by atoms with E-state index < -0.39 is 0 Å². The van der Waals surface area contributed by atoms with E-state index in [0.29, 0.717) is 17.5 Å². The SMILES string of the molecule is c1ccc(-c2ccc(-c3nc(-c4ccccc4)nc(-c4cc5oc6ccccc6c5c5c4ccc4ccccc45)n3)cc2)cc1. The first-order valence-electron chi connectivity index (χ1n) is 15.0. The van der Waals surface area contributed by atoms with Crippen LogP contribution in [-0.2, 0) is 0 Å². The molecule has 0 amide bonds. The first-order chi connectivity index (χ1) is 22.3. The molecule has 7 aromatic carbocycles. The molecule has 0 aliphatic rings. The Bertz CT molecular complexity index is 2520. The average molecular weight is 576 g/mol. The van der Waals surface area contributed by atoms with Gasteiger partial charge in [0.2, 0.25) is 0 Å². The van der Waals surface area contributed by atoms with Gasteiger partial charge in [-0.2, -0.15) is 0 Å². The third-order valence-corrected chi connectivity index (χ3v) is 8.53. The molecule has 0 atom stereocenters. The maximum atomic E-state index is 6.49. The van der Waals surface area contributed by atoms with Gasteiger partial charge < -0.3 is 4.42 Å². The van der Waals surface area contributed by atoms with E-state index in [9.17, 15) is 0 Å². The van der Waals surface area contributed by atoms with Crippen molar-refractivity contribution in [3.05, 3.63) is 152 Å². The third kappa shape index (κ3) is 4.27. The van der Waals surface area contributed by atoms with Gasteiger partial charge in [0.1, 0.15) is 11.2 Å². The van der Waals surface area contributed by atoms with Crippen LogP contribution in [0.4, 0.5) is 0 Å². The predicted molar refractivity (Wildman–Crippen MR) is 184 cm³/mol. The van der Waals surface area contributed by atoms with E-state index in [2.05, 4.69) is 103 Å². The monoisotopic (exact) mass is 575 g/mol. The molecule has 0 saturated carbocycles. The third-order valence-electron chi connectivity index (χ3n) is 8.53. The van der Waals surface area contributed by atoms with Crippen molar-refractivity contribution in [2.75, 3.05) is 0 Å². The minimum Gasteiger partial charge on any atom is -0.456 e. The zero-order chi connectivity index (χ0) is 29.7. The summed E-state index contributed by atoms with van der Waals surface area (Å²) in [4.78, 5) is 15.2. The molecule has 9 rings (SSSR count). The van der Waals surface area contributed by atoms with Crippen LogP contribution in [0.5, 0.6) is 0 Å². The summed E-state index contributed by atoms with van der Waals surface area (Å²) in [7, 11) is 0. The summed E-state index contributed by atoms with van der Waals surface area (Å²) in [5, 5.41) is 6.76. The minimum absolute atomic E-state index is 0.605. The maximum absolute atomic E-state index is 6.49. The van der Waals surface area contributed by atoms with Crippen LogP contribution in [0.3, 0.4) is 0 Å². The lowest BCUT2D eigenvalue weighted by atomic mass is 9.94. The van der Waals surface area contributed by atoms with Crippen molar-refractivity contribution in [3.8, 4) is 45.3 Å². The van der Waals surface area contributed by atoms with Gasteiger partial charge in [-0.1, -0.05) is 140 Å². The molecule has 45 heavy (non-hydrogen) atoms. The normalized spacial score (nSPS) is 11.6. The lowest BCUT2D eigenvalue weighted by molar-refractivity contribution is 0.669. The van der Waals surface area contributed by atoms with Gasteiger partial charge in [0.25, 0.3) is 0 Å². The van der Waals surface area contributed by atoms with Crippen molar-refractivity contribution in [1.82, 2.24) is 15.0 Å². The Morgan fingerprint density at radius 1 is 0.356 bits per heavy atom. The molecule has 0 bridgehead atoms. The first kappa shape index (κ1) is 25.4. The molecule has 4 nitrogen and oxygen atoms in total. The summed E-state index contributed by atoms with van der Waals surface area (Å²) < 4.78 is 6.49. The fraction of sp³-hybridized carbons (Fsp3) is 0. The zero-order valence-electron chi connectivity index (χ0n) is 24.2. The Kier molecular flexibility index (Phi) is 5.78. The Hall–Kier alpha value is -6.13. The van der Waals surface area contributed by atoms with Crippen molar-refractivity contribution >= 4 is 43.5 Å². The number of hydrogen-bond acceptors (Lipinski definition) is 4. The predicted octanol–water partition coefficient (Wildman–Crippen LogP) is 10.7. The maximum Gasteiger partial charge on any atom is 0.164 e. The highest BCUT2D eigenvalue weighted by atomic mass is 16.3. The number of hydrogen-bond donors (Lipinski definition) is 0. The highest BCUT2D eigenvalue weighted by molar-refractivity contribution is 6.29. The van der Waals surface area contributed by atoms with Crippen LogP contribution in [0.1, 0.15) is 0 Å². The standard InChI is InChI=1S/C41H25N3O/c1-3-11-26(12-4-1)27-19-21-30(22-20-27)40-42-39(29-14-5-2-6-15-29)43-41(44-40)34-25-36-38(33-17-9-10-18-35(33)45-36)37-31-16-8-7-13-28(31)23-24-32(34)37/h1-25H. The smallest absolute Gasteiger partial charge is 0.164 e. The van der Waals surface area contributed by atoms with Gasteiger partial charge in [0, 0.05) is 32.8 Å². The van der Waals surface area contributed by atoms with Crippen LogP contribution < -0.4 is 0 Å². The molecular formula is C41H25N3O. The van der Waals surface area contributed by atoms with Gasteiger partial charge >= 0.3 is 0 Å². The minimum atomic E-state index is 0.605. The number of fused-ring (bicyclic) bond motifs is 7. The number of rotatable bonds is 4. The number of benzene rings is 7. The molecule has 4 heteroatoms. The van der Waals surface area contributed by atoms with Crippen LogP contribution in [0.25, 0.3) is 88.8 Å². The van der Waals surface area contributed by atoms with Crippen molar-refractivity contribution in [3.63, 3.8) is 0 Å². The van der Waals surface area contributed by atoms with Gasteiger partial charge in [-0.15, -0.1) is 0 Å². The van der Waals surface area contributed by atoms with Gasteiger partial charge in [0.15, 0.2) is 17.5 Å². The highest BCUT2D eigenvalue weighted by Crippen LogP contribution is 2.42. The first-order valence-corrected chi connectivity index (χ1v) is 15.0. The van der Waals surface area contributed by atoms with Crippen LogP contribution in [0.15, 0.2) is 156 Å². The second kappa shape index (κ2) is 10.2. The van der Waals surface area contributed by atoms with Crippen molar-refractivity contribution < 1.29 is 4.42 Å². The van der Waals surface area contributed by atoms with E-state index >= 15 is 0 Å². The summed E-state index contributed by atoms with van der Waals surface area (Å²) in [6.45, 7) is 0. The molecule has 0 aliphatic carbocycles. The number of aromatic nitrogens is 3. The second-order valence-corrected chi connectivity index (χ2v) is 11.2. The Morgan fingerprint density at radius 2 is 0.911 bits per heavy atom. The Morgan fingerprint density at radius 3 is 1.67 bits per heavy atom. The fourth-order valence-corrected chi connectivity index (χ4v) is 6.37. The van der Waals surface area contributed by atoms with E-state index in [1.54, 1.807) is 0 Å². The molecule has 0 N–H and O–H groups in total. The van der Waals surface area contributed by atoms with Gasteiger partial charge in [-0.25, -0.2) is 15.0 Å². The average Bonchev–Trinajstić information content (AvgIpc) is 3.50. The molecule has 0 saturated heterocycles. The van der Waals surface area contributed by atoms with E-state index in [0.717, 1.165) is 55.0 Å². The zero-order valence-corrected chi connectivity index (χ0v) is 24.2. The van der Waals surface area contributed by atoms with E-state index in [1.807, 2.05) is 48.5 Å². The Balaban J connectivity index is 1.32. The molecule has 0 spiro atoms. The quantitative estimate of drug-likeness (QED) is 0.196. The number of furan rings is 1. The van der Waals surface area contributed by atoms with E-state index in [4.69, 9.17) is 19.4 Å². The van der Waals surface area contributed by atoms with Crippen molar-refractivity contribution in [2.45, 2.75) is 0 Å². The summed E-state index contributed by atoms with van der Waals surface area (Å²) in [6, 6.07) is 52.1. The molecule has 2 aromatic heterocycles. The summed E-state index contributed by atoms with van der Waals surface area (Å²) in [6.07, 6.45) is 0. The Labute approximate surface area is 259 Å². The van der Waals surface area contributed by atoms with Crippen molar-refractivity contribution in [2.24, 2.45) is 0 Å². The van der Waals surface area contributed by atoms with Gasteiger partial charge in [0.05, 0.1) is 0 Å². The van der Waals surface area contributed by atoms with Crippen LogP contribution in [0.2, 0.25) is 0 Å². The molecule has 9 aromatic rings. The highest BCUT2D eigenvalue weighted by Gasteiger charge is 2.20. The molecule has 210 valence electrons. The fourth-order valence-electron chi connectivity index (χ4n) is 6.37. The number of para-hydroxylation sites is 1. The molecule has 0 radical (unpaired) electrons. The molecule has 2 heterocycles. The van der Waals surface area contributed by atoms with Gasteiger partial charge in [-0.05, 0) is 39.4 Å². The topological polar surface area (TPSA) is 51.8 Å². The summed E-state index contributed by atoms with van der Waals surface area (Å²) >= 11 is 0. The van der Waals surface area contributed by atoms with Crippen LogP contribution >= 0.6 is 0 Å². The van der Waals surface area contributed by atoms with E-state index in [-0.39, 0.29) is 0 Å². The second-order valence-electron chi connectivity index (χ2n) is 11.2.